The highest BCUT2D eigenvalue weighted by Crippen LogP contribution is 2.26. The maximum Gasteiger partial charge on any atom is 0.0302 e. The molecule has 1 N–H and O–H groups in total. The molecule has 1 aromatic carbocycles. The lowest BCUT2D eigenvalue weighted by atomic mass is 10.1. The summed E-state index contributed by atoms with van der Waals surface area (Å²) < 4.78 is 2.28. The standard InChI is InChI=1S/C15H23Br2N/c1-11(2)6-4-5-9-18-12(3)14-8-7-13(16)10-15(14)17/h7-8,10-12,18H,4-6,9H2,1-3H3. The van der Waals surface area contributed by atoms with Crippen molar-refractivity contribution >= 4 is 31.9 Å². The SMILES string of the molecule is CC(C)CCCCNC(C)c1ccc(Br)cc1Br. The number of unbranched alkanes of at least 4 members (excludes halogenated alkanes) is 1. The summed E-state index contributed by atoms with van der Waals surface area (Å²) in [5.41, 5.74) is 1.32. The molecule has 3 heteroatoms. The van der Waals surface area contributed by atoms with Crippen LogP contribution in [0.1, 0.15) is 51.6 Å². The van der Waals surface area contributed by atoms with Gasteiger partial charge in [-0.3, -0.25) is 0 Å². The van der Waals surface area contributed by atoms with Crippen LogP contribution in [-0.4, -0.2) is 6.54 Å². The predicted octanol–water partition coefficient (Wildman–Crippen LogP) is 5.69. The number of hydrogen-bond donors (Lipinski definition) is 1. The van der Waals surface area contributed by atoms with E-state index in [9.17, 15) is 0 Å². The molecule has 1 aromatic rings. The molecule has 0 spiro atoms. The fourth-order valence-corrected chi connectivity index (χ4v) is 3.35. The van der Waals surface area contributed by atoms with Crippen molar-refractivity contribution in [2.24, 2.45) is 5.92 Å². The smallest absolute Gasteiger partial charge is 0.0302 e. The highest BCUT2D eigenvalue weighted by Gasteiger charge is 2.08. The van der Waals surface area contributed by atoms with Crippen LogP contribution in [0.5, 0.6) is 0 Å². The quantitative estimate of drug-likeness (QED) is 0.602. The first-order valence-electron chi connectivity index (χ1n) is 6.69. The molecule has 1 rings (SSSR count). The van der Waals surface area contributed by atoms with Crippen molar-refractivity contribution in [2.75, 3.05) is 6.54 Å². The molecule has 0 saturated carbocycles. The minimum Gasteiger partial charge on any atom is -0.310 e. The fraction of sp³-hybridized carbons (Fsp3) is 0.600. The summed E-state index contributed by atoms with van der Waals surface area (Å²) in [7, 11) is 0. The molecule has 0 aliphatic heterocycles. The van der Waals surface area contributed by atoms with E-state index in [0.29, 0.717) is 6.04 Å². The van der Waals surface area contributed by atoms with Gasteiger partial charge in [0.25, 0.3) is 0 Å². The van der Waals surface area contributed by atoms with Crippen molar-refractivity contribution in [3.05, 3.63) is 32.7 Å². The van der Waals surface area contributed by atoms with Crippen molar-refractivity contribution in [1.29, 1.82) is 0 Å². The molecule has 18 heavy (non-hydrogen) atoms. The molecular weight excluding hydrogens is 354 g/mol. The van der Waals surface area contributed by atoms with Gasteiger partial charge in [-0.25, -0.2) is 0 Å². The van der Waals surface area contributed by atoms with Crippen molar-refractivity contribution in [3.63, 3.8) is 0 Å². The van der Waals surface area contributed by atoms with E-state index in [-0.39, 0.29) is 0 Å². The highest BCUT2D eigenvalue weighted by atomic mass is 79.9. The van der Waals surface area contributed by atoms with Crippen LogP contribution < -0.4 is 5.32 Å². The maximum absolute atomic E-state index is 3.62. The van der Waals surface area contributed by atoms with Gasteiger partial charge in [0, 0.05) is 15.0 Å². The third-order valence-electron chi connectivity index (χ3n) is 3.09. The molecule has 1 nitrogen and oxygen atoms in total. The van der Waals surface area contributed by atoms with E-state index in [0.717, 1.165) is 16.9 Å². The molecule has 0 bridgehead atoms. The normalized spacial score (nSPS) is 13.0. The Morgan fingerprint density at radius 1 is 1.11 bits per heavy atom. The summed E-state index contributed by atoms with van der Waals surface area (Å²) in [5, 5.41) is 3.59. The molecular formula is C15H23Br2N. The Hall–Kier alpha value is 0.140. The minimum atomic E-state index is 0.395. The van der Waals surface area contributed by atoms with Crippen LogP contribution in [-0.2, 0) is 0 Å². The number of benzene rings is 1. The second-order valence-electron chi connectivity index (χ2n) is 5.23. The minimum absolute atomic E-state index is 0.395. The number of nitrogens with one attached hydrogen (secondary N) is 1. The molecule has 0 fully saturated rings. The van der Waals surface area contributed by atoms with Crippen LogP contribution >= 0.6 is 31.9 Å². The first kappa shape index (κ1) is 16.2. The van der Waals surface area contributed by atoms with Gasteiger partial charge in [0.15, 0.2) is 0 Å². The van der Waals surface area contributed by atoms with Crippen LogP contribution in [0.2, 0.25) is 0 Å². The van der Waals surface area contributed by atoms with Gasteiger partial charge in [0.2, 0.25) is 0 Å². The third kappa shape index (κ3) is 5.85. The lowest BCUT2D eigenvalue weighted by molar-refractivity contribution is 0.497. The Kier molecular flexibility index (Phi) is 7.50. The van der Waals surface area contributed by atoms with Crippen molar-refractivity contribution in [2.45, 2.75) is 46.1 Å². The third-order valence-corrected chi connectivity index (χ3v) is 4.27. The first-order chi connectivity index (χ1) is 8.50. The zero-order chi connectivity index (χ0) is 13.5. The predicted molar refractivity (Wildman–Crippen MR) is 86.9 cm³/mol. The van der Waals surface area contributed by atoms with Crippen LogP contribution in [0.15, 0.2) is 27.1 Å². The summed E-state index contributed by atoms with van der Waals surface area (Å²) in [6.07, 6.45) is 3.91. The second kappa shape index (κ2) is 8.34. The van der Waals surface area contributed by atoms with Crippen LogP contribution in [0, 0.1) is 5.92 Å². The first-order valence-corrected chi connectivity index (χ1v) is 8.27. The molecule has 1 unspecified atom stereocenters. The second-order valence-corrected chi connectivity index (χ2v) is 7.00. The fourth-order valence-electron chi connectivity index (χ4n) is 1.96. The van der Waals surface area contributed by atoms with E-state index in [2.05, 4.69) is 76.1 Å². The molecule has 0 heterocycles. The zero-order valence-electron chi connectivity index (χ0n) is 11.5. The summed E-state index contributed by atoms with van der Waals surface area (Å²) in [4.78, 5) is 0. The highest BCUT2D eigenvalue weighted by molar-refractivity contribution is 9.11. The average molecular weight is 377 g/mol. The monoisotopic (exact) mass is 375 g/mol. The van der Waals surface area contributed by atoms with Crippen molar-refractivity contribution < 1.29 is 0 Å². The number of hydrogen-bond acceptors (Lipinski definition) is 1. The van der Waals surface area contributed by atoms with E-state index >= 15 is 0 Å². The molecule has 0 saturated heterocycles. The van der Waals surface area contributed by atoms with Gasteiger partial charge in [0.05, 0.1) is 0 Å². The molecule has 0 aliphatic carbocycles. The van der Waals surface area contributed by atoms with E-state index in [1.54, 1.807) is 0 Å². The molecule has 102 valence electrons. The maximum atomic E-state index is 3.62. The molecule has 0 amide bonds. The Morgan fingerprint density at radius 3 is 2.44 bits per heavy atom. The average Bonchev–Trinajstić information content (AvgIpc) is 2.27. The van der Waals surface area contributed by atoms with Crippen LogP contribution in [0.3, 0.4) is 0 Å². The van der Waals surface area contributed by atoms with Gasteiger partial charge >= 0.3 is 0 Å². The van der Waals surface area contributed by atoms with Gasteiger partial charge in [-0.1, -0.05) is 64.6 Å². The summed E-state index contributed by atoms with van der Waals surface area (Å²) >= 11 is 7.10. The van der Waals surface area contributed by atoms with Gasteiger partial charge in [0.1, 0.15) is 0 Å². The molecule has 0 radical (unpaired) electrons. The summed E-state index contributed by atoms with van der Waals surface area (Å²) in [6.45, 7) is 7.89. The lowest BCUT2D eigenvalue weighted by Gasteiger charge is -2.16. The van der Waals surface area contributed by atoms with Crippen molar-refractivity contribution in [1.82, 2.24) is 5.32 Å². The van der Waals surface area contributed by atoms with E-state index in [1.165, 1.54) is 29.3 Å². The van der Waals surface area contributed by atoms with Gasteiger partial charge < -0.3 is 5.32 Å². The zero-order valence-corrected chi connectivity index (χ0v) is 14.6. The largest absolute Gasteiger partial charge is 0.310 e. The van der Waals surface area contributed by atoms with Gasteiger partial charge in [-0.15, -0.1) is 0 Å². The number of rotatable bonds is 7. The van der Waals surface area contributed by atoms with E-state index in [4.69, 9.17) is 0 Å². The summed E-state index contributed by atoms with van der Waals surface area (Å²) in [6, 6.07) is 6.76. The van der Waals surface area contributed by atoms with Gasteiger partial charge in [-0.05, 0) is 43.5 Å². The van der Waals surface area contributed by atoms with Gasteiger partial charge in [-0.2, -0.15) is 0 Å². The van der Waals surface area contributed by atoms with Crippen LogP contribution in [0.25, 0.3) is 0 Å². The molecule has 0 aromatic heterocycles. The molecule has 1 atom stereocenters. The topological polar surface area (TPSA) is 12.0 Å². The van der Waals surface area contributed by atoms with Crippen LogP contribution in [0.4, 0.5) is 0 Å². The lowest BCUT2D eigenvalue weighted by Crippen LogP contribution is -2.20. The molecule has 0 aliphatic rings. The van der Waals surface area contributed by atoms with E-state index < -0.39 is 0 Å². The Bertz CT molecular complexity index is 364. The summed E-state index contributed by atoms with van der Waals surface area (Å²) in [5.74, 6) is 0.822. The van der Waals surface area contributed by atoms with Crippen molar-refractivity contribution in [3.8, 4) is 0 Å². The number of halogens is 2. The Labute approximate surface area is 128 Å². The van der Waals surface area contributed by atoms with E-state index in [1.807, 2.05) is 0 Å². The Morgan fingerprint density at radius 2 is 1.83 bits per heavy atom. The Balaban J connectivity index is 2.34.